The highest BCUT2D eigenvalue weighted by molar-refractivity contribution is 5.99. The fourth-order valence-corrected chi connectivity index (χ4v) is 2.91. The number of amides is 1. The Labute approximate surface area is 121 Å². The van der Waals surface area contributed by atoms with Crippen molar-refractivity contribution in [2.45, 2.75) is 45.4 Å². The summed E-state index contributed by atoms with van der Waals surface area (Å²) < 4.78 is 0. The zero-order valence-electron chi connectivity index (χ0n) is 12.3. The van der Waals surface area contributed by atoms with Gasteiger partial charge in [-0.05, 0) is 31.7 Å². The SMILES string of the molecule is CCNc1ccncc1C(=O)NCCCC1CCCC1. The highest BCUT2D eigenvalue weighted by atomic mass is 16.1. The minimum atomic E-state index is -0.0273. The summed E-state index contributed by atoms with van der Waals surface area (Å²) in [7, 11) is 0. The monoisotopic (exact) mass is 275 g/mol. The van der Waals surface area contributed by atoms with E-state index in [4.69, 9.17) is 0 Å². The molecule has 0 unspecified atom stereocenters. The summed E-state index contributed by atoms with van der Waals surface area (Å²) >= 11 is 0. The van der Waals surface area contributed by atoms with Crippen LogP contribution in [0.15, 0.2) is 18.5 Å². The topological polar surface area (TPSA) is 54.0 Å². The number of aromatic nitrogens is 1. The first kappa shape index (κ1) is 14.8. The van der Waals surface area contributed by atoms with Crippen molar-refractivity contribution >= 4 is 11.6 Å². The Bertz CT molecular complexity index is 427. The van der Waals surface area contributed by atoms with Gasteiger partial charge in [-0.2, -0.15) is 0 Å². The second kappa shape index (κ2) is 7.88. The Hall–Kier alpha value is -1.58. The van der Waals surface area contributed by atoms with Crippen LogP contribution in [0, 0.1) is 5.92 Å². The number of carbonyl (C=O) groups excluding carboxylic acids is 1. The van der Waals surface area contributed by atoms with Gasteiger partial charge in [0, 0.05) is 25.5 Å². The number of carbonyl (C=O) groups is 1. The van der Waals surface area contributed by atoms with Crippen molar-refractivity contribution in [2.75, 3.05) is 18.4 Å². The number of hydrogen-bond acceptors (Lipinski definition) is 3. The largest absolute Gasteiger partial charge is 0.385 e. The highest BCUT2D eigenvalue weighted by Gasteiger charge is 2.15. The molecule has 1 saturated carbocycles. The predicted octanol–water partition coefficient (Wildman–Crippen LogP) is 3.21. The first-order valence-corrected chi connectivity index (χ1v) is 7.77. The minimum absolute atomic E-state index is 0.0273. The van der Waals surface area contributed by atoms with E-state index in [1.54, 1.807) is 12.4 Å². The van der Waals surface area contributed by atoms with Crippen LogP contribution in [0.3, 0.4) is 0 Å². The van der Waals surface area contributed by atoms with E-state index in [2.05, 4.69) is 15.6 Å². The van der Waals surface area contributed by atoms with Crippen molar-refractivity contribution in [3.05, 3.63) is 24.0 Å². The molecule has 0 atom stereocenters. The highest BCUT2D eigenvalue weighted by Crippen LogP contribution is 2.28. The molecule has 0 saturated heterocycles. The summed E-state index contributed by atoms with van der Waals surface area (Å²) in [5.41, 5.74) is 1.49. The molecule has 1 amide bonds. The van der Waals surface area contributed by atoms with Gasteiger partial charge in [-0.1, -0.05) is 25.7 Å². The van der Waals surface area contributed by atoms with Crippen LogP contribution in [0.2, 0.25) is 0 Å². The number of nitrogens with zero attached hydrogens (tertiary/aromatic N) is 1. The number of nitrogens with one attached hydrogen (secondary N) is 2. The average Bonchev–Trinajstić information content (AvgIpc) is 2.97. The normalized spacial score (nSPS) is 15.2. The molecule has 0 aromatic carbocycles. The molecular formula is C16H25N3O. The second-order valence-corrected chi connectivity index (χ2v) is 5.50. The summed E-state index contributed by atoms with van der Waals surface area (Å²) in [6.45, 7) is 3.57. The first-order chi connectivity index (χ1) is 9.81. The maximum Gasteiger partial charge on any atom is 0.254 e. The molecule has 0 bridgehead atoms. The predicted molar refractivity (Wildman–Crippen MR) is 81.9 cm³/mol. The lowest BCUT2D eigenvalue weighted by Gasteiger charge is -2.11. The summed E-state index contributed by atoms with van der Waals surface area (Å²) in [5.74, 6) is 0.864. The molecule has 0 spiro atoms. The van der Waals surface area contributed by atoms with Gasteiger partial charge in [0.05, 0.1) is 11.3 Å². The third-order valence-corrected chi connectivity index (χ3v) is 3.98. The molecule has 1 aliphatic rings. The van der Waals surface area contributed by atoms with Crippen molar-refractivity contribution in [3.8, 4) is 0 Å². The summed E-state index contributed by atoms with van der Waals surface area (Å²) in [6, 6.07) is 1.84. The smallest absolute Gasteiger partial charge is 0.254 e. The van der Waals surface area contributed by atoms with Gasteiger partial charge in [0.2, 0.25) is 0 Å². The van der Waals surface area contributed by atoms with Gasteiger partial charge in [0.25, 0.3) is 5.91 Å². The average molecular weight is 275 g/mol. The molecule has 2 rings (SSSR count). The van der Waals surface area contributed by atoms with Crippen molar-refractivity contribution in [1.29, 1.82) is 0 Å². The Kier molecular flexibility index (Phi) is 5.84. The molecule has 4 heteroatoms. The van der Waals surface area contributed by atoms with Crippen molar-refractivity contribution < 1.29 is 4.79 Å². The van der Waals surface area contributed by atoms with E-state index in [0.29, 0.717) is 5.56 Å². The van der Waals surface area contributed by atoms with Crippen LogP contribution >= 0.6 is 0 Å². The van der Waals surface area contributed by atoms with Crippen LogP contribution in [0.25, 0.3) is 0 Å². The van der Waals surface area contributed by atoms with Crippen LogP contribution in [-0.2, 0) is 0 Å². The zero-order valence-corrected chi connectivity index (χ0v) is 12.3. The van der Waals surface area contributed by atoms with Crippen LogP contribution in [-0.4, -0.2) is 24.0 Å². The third-order valence-electron chi connectivity index (χ3n) is 3.98. The molecular weight excluding hydrogens is 250 g/mol. The zero-order chi connectivity index (χ0) is 14.2. The third kappa shape index (κ3) is 4.22. The van der Waals surface area contributed by atoms with E-state index < -0.39 is 0 Å². The van der Waals surface area contributed by atoms with Gasteiger partial charge >= 0.3 is 0 Å². The van der Waals surface area contributed by atoms with Gasteiger partial charge in [-0.15, -0.1) is 0 Å². The van der Waals surface area contributed by atoms with E-state index in [1.165, 1.54) is 32.1 Å². The van der Waals surface area contributed by atoms with Gasteiger partial charge in [-0.25, -0.2) is 0 Å². The molecule has 0 aliphatic heterocycles. The lowest BCUT2D eigenvalue weighted by atomic mass is 10.0. The Balaban J connectivity index is 1.76. The standard InChI is InChI=1S/C16H25N3O/c1-2-18-15-9-11-17-12-14(15)16(20)19-10-5-8-13-6-3-4-7-13/h9,11-13H,2-8,10H2,1H3,(H,17,18)(H,19,20). The number of pyridine rings is 1. The van der Waals surface area contributed by atoms with Crippen molar-refractivity contribution in [3.63, 3.8) is 0 Å². The van der Waals surface area contributed by atoms with Crippen molar-refractivity contribution in [2.24, 2.45) is 5.92 Å². The summed E-state index contributed by atoms with van der Waals surface area (Å²) in [4.78, 5) is 16.2. The van der Waals surface area contributed by atoms with E-state index in [9.17, 15) is 4.79 Å². The Morgan fingerprint density at radius 2 is 2.20 bits per heavy atom. The fourth-order valence-electron chi connectivity index (χ4n) is 2.91. The minimum Gasteiger partial charge on any atom is -0.385 e. The quantitative estimate of drug-likeness (QED) is 0.751. The maximum absolute atomic E-state index is 12.1. The van der Waals surface area contributed by atoms with Gasteiger partial charge in [-0.3, -0.25) is 9.78 Å². The molecule has 1 fully saturated rings. The summed E-state index contributed by atoms with van der Waals surface area (Å²) in [6.07, 6.45) is 11.2. The van der Waals surface area contributed by atoms with Gasteiger partial charge in [0.1, 0.15) is 0 Å². The number of rotatable bonds is 7. The Morgan fingerprint density at radius 1 is 1.40 bits per heavy atom. The molecule has 1 aliphatic carbocycles. The summed E-state index contributed by atoms with van der Waals surface area (Å²) in [5, 5.41) is 6.19. The molecule has 0 radical (unpaired) electrons. The molecule has 2 N–H and O–H groups in total. The fraction of sp³-hybridized carbons (Fsp3) is 0.625. The second-order valence-electron chi connectivity index (χ2n) is 5.50. The molecule has 4 nitrogen and oxygen atoms in total. The molecule has 1 heterocycles. The number of anilines is 1. The maximum atomic E-state index is 12.1. The van der Waals surface area contributed by atoms with E-state index >= 15 is 0 Å². The van der Waals surface area contributed by atoms with Crippen LogP contribution < -0.4 is 10.6 Å². The molecule has 20 heavy (non-hydrogen) atoms. The Morgan fingerprint density at radius 3 is 2.95 bits per heavy atom. The van der Waals surface area contributed by atoms with E-state index in [-0.39, 0.29) is 5.91 Å². The molecule has 1 aromatic heterocycles. The van der Waals surface area contributed by atoms with Gasteiger partial charge < -0.3 is 10.6 Å². The lowest BCUT2D eigenvalue weighted by molar-refractivity contribution is 0.0953. The van der Waals surface area contributed by atoms with Crippen LogP contribution in [0.1, 0.15) is 55.8 Å². The van der Waals surface area contributed by atoms with Crippen LogP contribution in [0.5, 0.6) is 0 Å². The lowest BCUT2D eigenvalue weighted by Crippen LogP contribution is -2.26. The van der Waals surface area contributed by atoms with Crippen LogP contribution in [0.4, 0.5) is 5.69 Å². The van der Waals surface area contributed by atoms with Gasteiger partial charge in [0.15, 0.2) is 0 Å². The first-order valence-electron chi connectivity index (χ1n) is 7.77. The van der Waals surface area contributed by atoms with Crippen molar-refractivity contribution in [1.82, 2.24) is 10.3 Å². The molecule has 1 aromatic rings. The van der Waals surface area contributed by atoms with E-state index in [0.717, 1.165) is 31.1 Å². The molecule has 110 valence electrons. The number of hydrogen-bond donors (Lipinski definition) is 2. The van der Waals surface area contributed by atoms with E-state index in [1.807, 2.05) is 13.0 Å².